The monoisotopic (exact) mass is 157 g/mol. The largest absolute Gasteiger partial charge is 0.390 e. The van der Waals surface area contributed by atoms with E-state index in [9.17, 15) is 4.79 Å². The Hall–Kier alpha value is -0.830. The molecular weight excluding hydrogens is 142 g/mol. The van der Waals surface area contributed by atoms with Gasteiger partial charge in [0.2, 0.25) is 5.91 Å². The fourth-order valence-electron chi connectivity index (χ4n) is 0.707. The van der Waals surface area contributed by atoms with Crippen LogP contribution in [-0.2, 0) is 4.79 Å². The molecule has 0 rings (SSSR count). The van der Waals surface area contributed by atoms with Crippen LogP contribution in [0.4, 0.5) is 0 Å². The Labute approximate surface area is 67.1 Å². The van der Waals surface area contributed by atoms with Crippen molar-refractivity contribution in [2.75, 3.05) is 6.61 Å². The normalized spacial score (nSPS) is 12.4. The number of aliphatic hydroxyl groups is 1. The van der Waals surface area contributed by atoms with Crippen molar-refractivity contribution in [3.8, 4) is 0 Å². The molecule has 0 aromatic rings. The van der Waals surface area contributed by atoms with Gasteiger partial charge in [0.1, 0.15) is 0 Å². The molecule has 0 aliphatic carbocycles. The molecule has 3 heteroatoms. The van der Waals surface area contributed by atoms with Crippen LogP contribution in [0.1, 0.15) is 27.2 Å². The van der Waals surface area contributed by atoms with Gasteiger partial charge in [-0.25, -0.2) is 0 Å². The van der Waals surface area contributed by atoms with Crippen molar-refractivity contribution >= 4 is 5.91 Å². The minimum Gasteiger partial charge on any atom is -0.390 e. The van der Waals surface area contributed by atoms with Gasteiger partial charge in [-0.3, -0.25) is 4.79 Å². The zero-order valence-corrected chi connectivity index (χ0v) is 7.27. The number of aliphatic hydroxyl groups excluding tert-OH is 1. The summed E-state index contributed by atoms with van der Waals surface area (Å²) >= 11 is 0. The fraction of sp³-hybridized carbons (Fsp3) is 0.625. The summed E-state index contributed by atoms with van der Waals surface area (Å²) in [6.45, 7) is 5.20. The fourth-order valence-corrected chi connectivity index (χ4v) is 0.707. The molecule has 0 aromatic carbocycles. The third-order valence-electron chi connectivity index (χ3n) is 1.53. The van der Waals surface area contributed by atoms with Crippen LogP contribution in [0.25, 0.3) is 0 Å². The molecule has 0 saturated heterocycles. The zero-order chi connectivity index (χ0) is 8.85. The van der Waals surface area contributed by atoms with E-state index in [1.54, 1.807) is 0 Å². The van der Waals surface area contributed by atoms with Gasteiger partial charge in [-0.1, -0.05) is 12.5 Å². The summed E-state index contributed by atoms with van der Waals surface area (Å²) < 4.78 is 0. The van der Waals surface area contributed by atoms with E-state index in [4.69, 9.17) is 5.11 Å². The minimum absolute atomic E-state index is 0.0980. The molecular formula is C8H15NO2. The lowest BCUT2D eigenvalue weighted by atomic mass is 10.2. The van der Waals surface area contributed by atoms with Gasteiger partial charge in [-0.2, -0.15) is 0 Å². The first kappa shape index (κ1) is 10.2. The number of hydrogen-bond acceptors (Lipinski definition) is 2. The van der Waals surface area contributed by atoms with Gasteiger partial charge in [0, 0.05) is 12.6 Å². The summed E-state index contributed by atoms with van der Waals surface area (Å²) in [7, 11) is 0. The zero-order valence-electron chi connectivity index (χ0n) is 7.27. The standard InChI is InChI=1S/C8H15NO2/c1-4-6(2)8(5-10)9-7(3)11/h10H,4-5H2,1-3H3,(H,9,11). The van der Waals surface area contributed by atoms with Gasteiger partial charge in [0.05, 0.1) is 6.61 Å². The van der Waals surface area contributed by atoms with Crippen LogP contribution in [0.2, 0.25) is 0 Å². The lowest BCUT2D eigenvalue weighted by molar-refractivity contribution is -0.118. The van der Waals surface area contributed by atoms with E-state index in [1.807, 2.05) is 13.8 Å². The van der Waals surface area contributed by atoms with Crippen molar-refractivity contribution in [2.45, 2.75) is 27.2 Å². The first-order valence-electron chi connectivity index (χ1n) is 3.68. The van der Waals surface area contributed by atoms with Gasteiger partial charge < -0.3 is 10.4 Å². The summed E-state index contributed by atoms with van der Waals surface area (Å²) in [4.78, 5) is 10.6. The molecule has 0 bridgehead atoms. The van der Waals surface area contributed by atoms with Crippen LogP contribution < -0.4 is 5.32 Å². The van der Waals surface area contributed by atoms with Crippen molar-refractivity contribution in [1.82, 2.24) is 5.32 Å². The Morgan fingerprint density at radius 2 is 2.00 bits per heavy atom. The Morgan fingerprint density at radius 3 is 2.27 bits per heavy atom. The van der Waals surface area contributed by atoms with E-state index in [-0.39, 0.29) is 12.5 Å². The maximum absolute atomic E-state index is 10.6. The molecule has 0 radical (unpaired) electrons. The SMILES string of the molecule is CCC(C)=C(CO)NC(C)=O. The third kappa shape index (κ3) is 3.78. The second-order valence-corrected chi connectivity index (χ2v) is 2.45. The second kappa shape index (κ2) is 4.91. The highest BCUT2D eigenvalue weighted by Gasteiger charge is 2.00. The molecule has 1 amide bonds. The molecule has 0 atom stereocenters. The molecule has 0 heterocycles. The second-order valence-electron chi connectivity index (χ2n) is 2.45. The molecule has 0 saturated carbocycles. The van der Waals surface area contributed by atoms with E-state index in [2.05, 4.69) is 5.32 Å². The van der Waals surface area contributed by atoms with Crippen molar-refractivity contribution in [3.63, 3.8) is 0 Å². The van der Waals surface area contributed by atoms with Crippen LogP contribution in [0.3, 0.4) is 0 Å². The van der Waals surface area contributed by atoms with Gasteiger partial charge in [-0.05, 0) is 13.3 Å². The first-order chi connectivity index (χ1) is 5.11. The number of rotatable bonds is 3. The van der Waals surface area contributed by atoms with Crippen LogP contribution in [0.5, 0.6) is 0 Å². The molecule has 0 aromatic heterocycles. The van der Waals surface area contributed by atoms with Gasteiger partial charge in [0.15, 0.2) is 0 Å². The minimum atomic E-state index is -0.137. The molecule has 3 nitrogen and oxygen atoms in total. The average Bonchev–Trinajstić information content (AvgIpc) is 1.98. The van der Waals surface area contributed by atoms with E-state index in [0.717, 1.165) is 12.0 Å². The highest BCUT2D eigenvalue weighted by Crippen LogP contribution is 2.03. The van der Waals surface area contributed by atoms with Crippen molar-refractivity contribution < 1.29 is 9.90 Å². The highest BCUT2D eigenvalue weighted by atomic mass is 16.3. The topological polar surface area (TPSA) is 49.3 Å². The van der Waals surface area contributed by atoms with E-state index in [0.29, 0.717) is 5.70 Å². The Kier molecular flexibility index (Phi) is 4.54. The van der Waals surface area contributed by atoms with Crippen LogP contribution >= 0.6 is 0 Å². The Bertz CT molecular complexity index is 173. The maximum Gasteiger partial charge on any atom is 0.221 e. The molecule has 11 heavy (non-hydrogen) atoms. The Balaban J connectivity index is 4.26. The number of hydrogen-bond donors (Lipinski definition) is 2. The molecule has 0 spiro atoms. The molecule has 64 valence electrons. The smallest absolute Gasteiger partial charge is 0.221 e. The molecule has 2 N–H and O–H groups in total. The van der Waals surface area contributed by atoms with E-state index in [1.165, 1.54) is 6.92 Å². The number of amides is 1. The number of carbonyl (C=O) groups is 1. The van der Waals surface area contributed by atoms with Crippen molar-refractivity contribution in [2.24, 2.45) is 0 Å². The lowest BCUT2D eigenvalue weighted by Gasteiger charge is -2.07. The average molecular weight is 157 g/mol. The van der Waals surface area contributed by atoms with Crippen molar-refractivity contribution in [1.29, 1.82) is 0 Å². The quantitative estimate of drug-likeness (QED) is 0.636. The summed E-state index contributed by atoms with van der Waals surface area (Å²) in [5, 5.41) is 11.4. The molecule has 0 fully saturated rings. The van der Waals surface area contributed by atoms with Crippen LogP contribution in [0.15, 0.2) is 11.3 Å². The van der Waals surface area contributed by atoms with Crippen LogP contribution in [-0.4, -0.2) is 17.6 Å². The van der Waals surface area contributed by atoms with E-state index < -0.39 is 0 Å². The summed E-state index contributed by atoms with van der Waals surface area (Å²) in [6.07, 6.45) is 0.843. The lowest BCUT2D eigenvalue weighted by Crippen LogP contribution is -2.22. The molecule has 0 aliphatic rings. The van der Waals surface area contributed by atoms with Gasteiger partial charge >= 0.3 is 0 Å². The van der Waals surface area contributed by atoms with Gasteiger partial charge in [-0.15, -0.1) is 0 Å². The highest BCUT2D eigenvalue weighted by molar-refractivity contribution is 5.75. The Morgan fingerprint density at radius 1 is 1.45 bits per heavy atom. The van der Waals surface area contributed by atoms with Crippen molar-refractivity contribution in [3.05, 3.63) is 11.3 Å². The van der Waals surface area contributed by atoms with E-state index >= 15 is 0 Å². The molecule has 0 aliphatic heterocycles. The summed E-state index contributed by atoms with van der Waals surface area (Å²) in [5.74, 6) is -0.137. The number of allylic oxidation sites excluding steroid dienone is 1. The first-order valence-corrected chi connectivity index (χ1v) is 3.68. The third-order valence-corrected chi connectivity index (χ3v) is 1.53. The summed E-state index contributed by atoms with van der Waals surface area (Å²) in [5.41, 5.74) is 1.64. The summed E-state index contributed by atoms with van der Waals surface area (Å²) in [6, 6.07) is 0. The van der Waals surface area contributed by atoms with Crippen LogP contribution in [0, 0.1) is 0 Å². The predicted molar refractivity (Wildman–Crippen MR) is 43.9 cm³/mol. The number of nitrogens with one attached hydrogen (secondary N) is 1. The molecule has 0 unspecified atom stereocenters. The number of carbonyl (C=O) groups excluding carboxylic acids is 1. The predicted octanol–water partition coefficient (Wildman–Crippen LogP) is 0.799. The maximum atomic E-state index is 10.6. The van der Waals surface area contributed by atoms with Gasteiger partial charge in [0.25, 0.3) is 0 Å².